The summed E-state index contributed by atoms with van der Waals surface area (Å²) in [6, 6.07) is 5.77. The molecule has 9 nitrogen and oxygen atoms in total. The number of carbonyl (C=O) groups is 1. The number of benzene rings is 1. The van der Waals surface area contributed by atoms with Crippen molar-refractivity contribution in [2.24, 2.45) is 0 Å². The van der Waals surface area contributed by atoms with E-state index < -0.39 is 12.6 Å². The molecule has 1 aromatic carbocycles. The summed E-state index contributed by atoms with van der Waals surface area (Å²) in [4.78, 5) is 13.1. The first-order chi connectivity index (χ1) is 13.1. The molecule has 1 fully saturated rings. The number of aliphatic carboxylic acids is 1. The lowest BCUT2D eigenvalue weighted by molar-refractivity contribution is -0.139. The highest BCUT2D eigenvalue weighted by atomic mass is 16.5. The van der Waals surface area contributed by atoms with Crippen LogP contribution in [0.2, 0.25) is 0 Å². The predicted molar refractivity (Wildman–Crippen MR) is 93.7 cm³/mol. The van der Waals surface area contributed by atoms with Crippen LogP contribution in [0.4, 0.5) is 0 Å². The lowest BCUT2D eigenvalue weighted by Gasteiger charge is -2.41. The first-order valence-electron chi connectivity index (χ1n) is 8.88. The van der Waals surface area contributed by atoms with E-state index in [4.69, 9.17) is 19.3 Å². The van der Waals surface area contributed by atoms with E-state index in [2.05, 4.69) is 15.2 Å². The van der Waals surface area contributed by atoms with Gasteiger partial charge in [-0.1, -0.05) is 11.3 Å². The summed E-state index contributed by atoms with van der Waals surface area (Å²) >= 11 is 0. The average molecular weight is 374 g/mol. The van der Waals surface area contributed by atoms with E-state index in [0.717, 1.165) is 37.3 Å². The minimum atomic E-state index is -1.02. The fourth-order valence-corrected chi connectivity index (χ4v) is 3.72. The van der Waals surface area contributed by atoms with Crippen molar-refractivity contribution < 1.29 is 24.1 Å². The minimum Gasteiger partial charge on any atom is -0.493 e. The lowest BCUT2D eigenvalue weighted by atomic mass is 10.00. The van der Waals surface area contributed by atoms with E-state index in [1.54, 1.807) is 12.3 Å². The Hall–Kier alpha value is -2.65. The molecule has 2 aliphatic heterocycles. The highest BCUT2D eigenvalue weighted by molar-refractivity contribution is 5.68. The van der Waals surface area contributed by atoms with Gasteiger partial charge in [-0.15, -0.1) is 5.10 Å². The number of methoxy groups -OCH3 is 1. The molecular formula is C18H22N4O5. The number of carboxylic acids is 1. The number of hydrogen-bond acceptors (Lipinski definition) is 7. The molecule has 0 amide bonds. The third kappa shape index (κ3) is 3.74. The van der Waals surface area contributed by atoms with Gasteiger partial charge in [-0.2, -0.15) is 0 Å². The second kappa shape index (κ2) is 7.53. The van der Waals surface area contributed by atoms with Crippen LogP contribution in [0.15, 0.2) is 24.4 Å². The number of piperidine rings is 1. The molecule has 0 bridgehead atoms. The van der Waals surface area contributed by atoms with Crippen LogP contribution in [0.3, 0.4) is 0 Å². The zero-order valence-electron chi connectivity index (χ0n) is 15.1. The van der Waals surface area contributed by atoms with Gasteiger partial charge in [0.2, 0.25) is 0 Å². The molecule has 3 heterocycles. The summed E-state index contributed by atoms with van der Waals surface area (Å²) in [5, 5.41) is 17.1. The minimum absolute atomic E-state index is 0.158. The van der Waals surface area contributed by atoms with Crippen molar-refractivity contribution in [2.75, 3.05) is 26.8 Å². The number of rotatable bonds is 6. The number of carboxylic acid groups (broad SMARTS) is 1. The molecular weight excluding hydrogens is 352 g/mol. The summed E-state index contributed by atoms with van der Waals surface area (Å²) in [6.45, 7) is 2.62. The van der Waals surface area contributed by atoms with Gasteiger partial charge in [0.15, 0.2) is 18.1 Å². The molecule has 1 N–H and O–H groups in total. The maximum absolute atomic E-state index is 10.8. The highest BCUT2D eigenvalue weighted by Crippen LogP contribution is 2.32. The Bertz CT molecular complexity index is 824. The molecule has 2 aliphatic rings. The predicted octanol–water partition coefficient (Wildman–Crippen LogP) is 1.10. The summed E-state index contributed by atoms with van der Waals surface area (Å²) in [7, 11) is 1.53. The Morgan fingerprint density at radius 1 is 1.41 bits per heavy atom. The number of ether oxygens (including phenoxy) is 3. The number of aromatic nitrogens is 3. The molecule has 4 rings (SSSR count). The zero-order valence-corrected chi connectivity index (χ0v) is 15.1. The Kier molecular flexibility index (Phi) is 4.95. The molecule has 0 saturated carbocycles. The first-order valence-corrected chi connectivity index (χ1v) is 8.88. The van der Waals surface area contributed by atoms with Gasteiger partial charge in [-0.05, 0) is 24.1 Å². The van der Waals surface area contributed by atoms with Crippen molar-refractivity contribution in [1.82, 2.24) is 19.9 Å². The molecule has 1 saturated heterocycles. The van der Waals surface area contributed by atoms with Crippen molar-refractivity contribution in [3.05, 3.63) is 35.7 Å². The highest BCUT2D eigenvalue weighted by Gasteiger charge is 2.36. The molecule has 0 spiro atoms. The van der Waals surface area contributed by atoms with Gasteiger partial charge in [0.25, 0.3) is 0 Å². The monoisotopic (exact) mass is 374 g/mol. The maximum atomic E-state index is 10.8. The average Bonchev–Trinajstić information content (AvgIpc) is 3.16. The van der Waals surface area contributed by atoms with Crippen LogP contribution in [0.1, 0.15) is 23.7 Å². The SMILES string of the molecule is COc1ccc(CN2CC[C@@H]3OCc4cnnn4[C@H]3C2)cc1OCC(=O)O. The number of fused-ring (bicyclic) bond motifs is 3. The molecule has 2 aromatic rings. The molecule has 1 aromatic heterocycles. The summed E-state index contributed by atoms with van der Waals surface area (Å²) in [5.74, 6) is -0.0658. The van der Waals surface area contributed by atoms with E-state index in [1.807, 2.05) is 16.8 Å². The van der Waals surface area contributed by atoms with Gasteiger partial charge in [0, 0.05) is 19.6 Å². The second-order valence-corrected chi connectivity index (χ2v) is 6.78. The van der Waals surface area contributed by atoms with Gasteiger partial charge in [0.1, 0.15) is 0 Å². The molecule has 9 heteroatoms. The Morgan fingerprint density at radius 3 is 3.11 bits per heavy atom. The van der Waals surface area contributed by atoms with Crippen LogP contribution < -0.4 is 9.47 Å². The smallest absolute Gasteiger partial charge is 0.341 e. The first kappa shape index (κ1) is 17.7. The third-order valence-corrected chi connectivity index (χ3v) is 5.00. The van der Waals surface area contributed by atoms with Crippen LogP contribution in [0, 0.1) is 0 Å². The van der Waals surface area contributed by atoms with Crippen LogP contribution in [-0.4, -0.2) is 63.9 Å². The van der Waals surface area contributed by atoms with Crippen molar-refractivity contribution >= 4 is 5.97 Å². The van der Waals surface area contributed by atoms with Gasteiger partial charge in [-0.25, -0.2) is 9.48 Å². The fourth-order valence-electron chi connectivity index (χ4n) is 3.72. The van der Waals surface area contributed by atoms with E-state index in [0.29, 0.717) is 18.1 Å². The standard InChI is InChI=1S/C18H22N4O5/c1-25-16-3-2-12(6-17(16)27-11-18(23)24)8-21-5-4-15-14(9-21)22-13(10-26-15)7-19-20-22/h2-3,6-7,14-15H,4-5,8-11H2,1H3,(H,23,24)/t14-,15-/m0/s1. The third-order valence-electron chi connectivity index (χ3n) is 5.00. The van der Waals surface area contributed by atoms with Gasteiger partial charge in [-0.3, -0.25) is 4.90 Å². The van der Waals surface area contributed by atoms with E-state index in [-0.39, 0.29) is 12.1 Å². The van der Waals surface area contributed by atoms with Crippen molar-refractivity contribution in [3.63, 3.8) is 0 Å². The number of likely N-dealkylation sites (tertiary alicyclic amines) is 1. The summed E-state index contributed by atoms with van der Waals surface area (Å²) in [6.07, 6.45) is 2.86. The van der Waals surface area contributed by atoms with Gasteiger partial charge in [0.05, 0.1) is 37.8 Å². The number of hydrogen-bond donors (Lipinski definition) is 1. The molecule has 0 unspecified atom stereocenters. The number of nitrogens with zero attached hydrogens (tertiary/aromatic N) is 4. The van der Waals surface area contributed by atoms with Crippen LogP contribution in [0.5, 0.6) is 11.5 Å². The molecule has 27 heavy (non-hydrogen) atoms. The van der Waals surface area contributed by atoms with E-state index in [1.165, 1.54) is 7.11 Å². The molecule has 2 atom stereocenters. The lowest BCUT2D eigenvalue weighted by Crippen LogP contribution is -2.47. The van der Waals surface area contributed by atoms with E-state index >= 15 is 0 Å². The molecule has 144 valence electrons. The fraction of sp³-hybridized carbons (Fsp3) is 0.500. The Balaban J connectivity index is 1.47. The largest absolute Gasteiger partial charge is 0.493 e. The topological polar surface area (TPSA) is 98.9 Å². The summed E-state index contributed by atoms with van der Waals surface area (Å²) in [5.41, 5.74) is 2.04. The summed E-state index contributed by atoms with van der Waals surface area (Å²) < 4.78 is 18.5. The Labute approximate surface area is 156 Å². The molecule has 0 aliphatic carbocycles. The van der Waals surface area contributed by atoms with E-state index in [9.17, 15) is 4.79 Å². The quantitative estimate of drug-likeness (QED) is 0.802. The Morgan fingerprint density at radius 2 is 2.30 bits per heavy atom. The van der Waals surface area contributed by atoms with Crippen molar-refractivity contribution in [1.29, 1.82) is 0 Å². The van der Waals surface area contributed by atoms with Crippen LogP contribution >= 0.6 is 0 Å². The van der Waals surface area contributed by atoms with Crippen LogP contribution in [-0.2, 0) is 22.7 Å². The van der Waals surface area contributed by atoms with Crippen molar-refractivity contribution in [2.45, 2.75) is 31.7 Å². The molecule has 0 radical (unpaired) electrons. The van der Waals surface area contributed by atoms with Crippen molar-refractivity contribution in [3.8, 4) is 11.5 Å². The maximum Gasteiger partial charge on any atom is 0.341 e. The van der Waals surface area contributed by atoms with Gasteiger partial charge < -0.3 is 19.3 Å². The normalized spacial score (nSPS) is 22.0. The zero-order chi connectivity index (χ0) is 18.8. The second-order valence-electron chi connectivity index (χ2n) is 6.78. The van der Waals surface area contributed by atoms with Crippen LogP contribution in [0.25, 0.3) is 0 Å². The van der Waals surface area contributed by atoms with Gasteiger partial charge >= 0.3 is 5.97 Å².